The van der Waals surface area contributed by atoms with Gasteiger partial charge in [0, 0.05) is 25.6 Å². The van der Waals surface area contributed by atoms with Gasteiger partial charge in [-0.1, -0.05) is 20.3 Å². The molecule has 0 aliphatic carbocycles. The molecule has 96 valence electrons. The fraction of sp³-hybridized carbons (Fsp3) is 0.667. The molecule has 1 rings (SSSR count). The van der Waals surface area contributed by atoms with Gasteiger partial charge in [0.25, 0.3) is 5.56 Å². The molecule has 1 aromatic rings. The summed E-state index contributed by atoms with van der Waals surface area (Å²) in [5.74, 6) is 1.35. The number of aliphatic hydroxyl groups is 1. The van der Waals surface area contributed by atoms with Crippen molar-refractivity contribution in [1.82, 2.24) is 9.97 Å². The Kier molecular flexibility index (Phi) is 5.69. The van der Waals surface area contributed by atoms with Crippen molar-refractivity contribution in [2.45, 2.75) is 33.1 Å². The molecule has 0 radical (unpaired) electrons. The molecule has 0 aliphatic rings. The lowest BCUT2D eigenvalue weighted by molar-refractivity contribution is 0.301. The second-order valence-electron chi connectivity index (χ2n) is 3.97. The van der Waals surface area contributed by atoms with Gasteiger partial charge in [0.05, 0.1) is 6.61 Å². The Hall–Kier alpha value is -1.36. The normalized spacial score (nSPS) is 10.5. The molecule has 0 bridgehead atoms. The van der Waals surface area contributed by atoms with Crippen LogP contribution in [-0.2, 0) is 6.42 Å². The molecular formula is C12H21N3O2. The van der Waals surface area contributed by atoms with Crippen molar-refractivity contribution < 1.29 is 5.11 Å². The highest BCUT2D eigenvalue weighted by Crippen LogP contribution is 2.09. The number of aliphatic hydroxyl groups excluding tert-OH is 1. The van der Waals surface area contributed by atoms with Gasteiger partial charge < -0.3 is 15.0 Å². The predicted molar refractivity (Wildman–Crippen MR) is 68.4 cm³/mol. The van der Waals surface area contributed by atoms with E-state index in [9.17, 15) is 4.79 Å². The number of aromatic amines is 1. The van der Waals surface area contributed by atoms with Crippen LogP contribution in [0.5, 0.6) is 0 Å². The van der Waals surface area contributed by atoms with E-state index in [0.29, 0.717) is 24.6 Å². The van der Waals surface area contributed by atoms with Crippen molar-refractivity contribution in [2.75, 3.05) is 24.6 Å². The fourth-order valence-corrected chi connectivity index (χ4v) is 1.63. The first kappa shape index (κ1) is 13.7. The molecule has 5 heteroatoms. The van der Waals surface area contributed by atoms with Crippen LogP contribution in [0.1, 0.15) is 32.5 Å². The molecule has 0 fully saturated rings. The van der Waals surface area contributed by atoms with Gasteiger partial charge in [-0.3, -0.25) is 4.79 Å². The number of nitrogens with one attached hydrogen (secondary N) is 1. The van der Waals surface area contributed by atoms with Crippen LogP contribution in [0, 0.1) is 0 Å². The number of unbranched alkanes of at least 4 members (excludes halogenated alkanes) is 1. The van der Waals surface area contributed by atoms with E-state index in [1.807, 2.05) is 11.8 Å². The molecule has 0 saturated heterocycles. The topological polar surface area (TPSA) is 69.2 Å². The van der Waals surface area contributed by atoms with Crippen LogP contribution >= 0.6 is 0 Å². The average molecular weight is 239 g/mol. The third kappa shape index (κ3) is 4.19. The lowest BCUT2D eigenvalue weighted by atomic mass is 10.3. The van der Waals surface area contributed by atoms with Crippen LogP contribution in [0.3, 0.4) is 0 Å². The van der Waals surface area contributed by atoms with Crippen molar-refractivity contribution >= 4 is 5.82 Å². The zero-order valence-corrected chi connectivity index (χ0v) is 10.6. The molecule has 2 N–H and O–H groups in total. The maximum Gasteiger partial charge on any atom is 0.252 e. The van der Waals surface area contributed by atoms with Crippen LogP contribution in [0.4, 0.5) is 5.82 Å². The van der Waals surface area contributed by atoms with Crippen molar-refractivity contribution in [1.29, 1.82) is 0 Å². The molecule has 1 aromatic heterocycles. The van der Waals surface area contributed by atoms with Crippen molar-refractivity contribution in [3.8, 4) is 0 Å². The largest absolute Gasteiger partial charge is 0.395 e. The van der Waals surface area contributed by atoms with Gasteiger partial charge in [0.15, 0.2) is 0 Å². The molecule has 0 unspecified atom stereocenters. The molecule has 0 amide bonds. The Morgan fingerprint density at radius 3 is 2.76 bits per heavy atom. The van der Waals surface area contributed by atoms with Gasteiger partial charge >= 0.3 is 0 Å². The molecular weight excluding hydrogens is 218 g/mol. The number of hydrogen-bond acceptors (Lipinski definition) is 4. The molecule has 0 aromatic carbocycles. The summed E-state index contributed by atoms with van der Waals surface area (Å²) in [4.78, 5) is 20.5. The Bertz CT molecular complexity index is 390. The number of aryl methyl sites for hydroxylation is 1. The molecule has 0 atom stereocenters. The molecule has 0 aliphatic heterocycles. The third-order valence-electron chi connectivity index (χ3n) is 2.59. The zero-order chi connectivity index (χ0) is 12.7. The number of anilines is 1. The Morgan fingerprint density at radius 1 is 1.41 bits per heavy atom. The van der Waals surface area contributed by atoms with Gasteiger partial charge in [0.1, 0.15) is 11.6 Å². The Balaban J connectivity index is 2.91. The van der Waals surface area contributed by atoms with E-state index in [2.05, 4.69) is 16.9 Å². The lowest BCUT2D eigenvalue weighted by Crippen LogP contribution is -2.30. The minimum Gasteiger partial charge on any atom is -0.395 e. The predicted octanol–water partition coefficient (Wildman–Crippen LogP) is 0.931. The lowest BCUT2D eigenvalue weighted by Gasteiger charge is -2.22. The summed E-state index contributed by atoms with van der Waals surface area (Å²) in [5.41, 5.74) is -0.133. The summed E-state index contributed by atoms with van der Waals surface area (Å²) >= 11 is 0. The van der Waals surface area contributed by atoms with Gasteiger partial charge in [-0.15, -0.1) is 0 Å². The van der Waals surface area contributed by atoms with Crippen LogP contribution < -0.4 is 10.5 Å². The quantitative estimate of drug-likeness (QED) is 0.742. The first-order chi connectivity index (χ1) is 8.21. The van der Waals surface area contributed by atoms with E-state index in [4.69, 9.17) is 5.11 Å². The van der Waals surface area contributed by atoms with Crippen LogP contribution in [0.15, 0.2) is 10.9 Å². The highest BCUT2D eigenvalue weighted by atomic mass is 16.3. The second kappa shape index (κ2) is 7.06. The molecule has 0 saturated carbocycles. The van der Waals surface area contributed by atoms with Gasteiger partial charge in [-0.05, 0) is 6.42 Å². The van der Waals surface area contributed by atoms with Crippen molar-refractivity contribution in [3.05, 3.63) is 22.2 Å². The van der Waals surface area contributed by atoms with Crippen LogP contribution in [0.25, 0.3) is 0 Å². The molecule has 5 nitrogen and oxygen atoms in total. The number of rotatable bonds is 7. The molecule has 1 heterocycles. The van der Waals surface area contributed by atoms with E-state index in [-0.39, 0.29) is 12.2 Å². The van der Waals surface area contributed by atoms with E-state index < -0.39 is 0 Å². The summed E-state index contributed by atoms with van der Waals surface area (Å²) in [6, 6.07) is 1.49. The van der Waals surface area contributed by atoms with E-state index in [1.54, 1.807) is 0 Å². The highest BCUT2D eigenvalue weighted by molar-refractivity contribution is 5.37. The maximum atomic E-state index is 11.5. The standard InChI is InChI=1S/C12H21N3O2/c1-3-5-6-15(7-8-16)11-9-12(17)14-10(4-2)13-11/h9,16H,3-8H2,1-2H3,(H,13,14,17). The first-order valence-corrected chi connectivity index (χ1v) is 6.17. The minimum atomic E-state index is -0.133. The summed E-state index contributed by atoms with van der Waals surface area (Å²) in [5, 5.41) is 9.04. The van der Waals surface area contributed by atoms with Crippen LogP contribution in [-0.4, -0.2) is 34.8 Å². The van der Waals surface area contributed by atoms with Gasteiger partial charge in [0.2, 0.25) is 0 Å². The maximum absolute atomic E-state index is 11.5. The fourth-order valence-electron chi connectivity index (χ4n) is 1.63. The molecule has 0 spiro atoms. The summed E-state index contributed by atoms with van der Waals surface area (Å²) in [7, 11) is 0. The summed E-state index contributed by atoms with van der Waals surface area (Å²) in [6.45, 7) is 5.46. The van der Waals surface area contributed by atoms with E-state index >= 15 is 0 Å². The zero-order valence-electron chi connectivity index (χ0n) is 10.6. The van der Waals surface area contributed by atoms with Crippen LogP contribution in [0.2, 0.25) is 0 Å². The van der Waals surface area contributed by atoms with Crippen molar-refractivity contribution in [2.24, 2.45) is 0 Å². The second-order valence-corrected chi connectivity index (χ2v) is 3.97. The van der Waals surface area contributed by atoms with E-state index in [1.165, 1.54) is 6.07 Å². The summed E-state index contributed by atoms with van der Waals surface area (Å²) in [6.07, 6.45) is 2.80. The molecule has 17 heavy (non-hydrogen) atoms. The monoisotopic (exact) mass is 239 g/mol. The smallest absolute Gasteiger partial charge is 0.252 e. The van der Waals surface area contributed by atoms with Gasteiger partial charge in [-0.2, -0.15) is 0 Å². The Morgan fingerprint density at radius 2 is 2.18 bits per heavy atom. The average Bonchev–Trinajstić information content (AvgIpc) is 2.33. The minimum absolute atomic E-state index is 0.0691. The SMILES string of the molecule is CCCCN(CCO)c1cc(=O)[nH]c(CC)n1. The number of hydrogen-bond donors (Lipinski definition) is 2. The number of aromatic nitrogens is 2. The van der Waals surface area contributed by atoms with Crippen molar-refractivity contribution in [3.63, 3.8) is 0 Å². The number of H-pyrrole nitrogens is 1. The highest BCUT2D eigenvalue weighted by Gasteiger charge is 2.08. The Labute approximate surface area is 102 Å². The number of nitrogens with zero attached hydrogens (tertiary/aromatic N) is 2. The van der Waals surface area contributed by atoms with Gasteiger partial charge in [-0.25, -0.2) is 4.98 Å². The van der Waals surface area contributed by atoms with E-state index in [0.717, 1.165) is 19.4 Å². The third-order valence-corrected chi connectivity index (χ3v) is 2.59. The summed E-state index contributed by atoms with van der Waals surface area (Å²) < 4.78 is 0. The first-order valence-electron chi connectivity index (χ1n) is 6.17.